The maximum Gasteiger partial charge on any atom is 0.310 e. The summed E-state index contributed by atoms with van der Waals surface area (Å²) in [4.78, 5) is 12.8. The second-order valence-corrected chi connectivity index (χ2v) is 6.41. The first-order valence-corrected chi connectivity index (χ1v) is 8.76. The number of ether oxygens (including phenoxy) is 2. The first-order chi connectivity index (χ1) is 12.1. The lowest BCUT2D eigenvalue weighted by molar-refractivity contribution is -0.150. The Morgan fingerprint density at radius 1 is 1.24 bits per heavy atom. The van der Waals surface area contributed by atoms with Gasteiger partial charge in [0.25, 0.3) is 11.8 Å². The lowest BCUT2D eigenvalue weighted by atomic mass is 10.2. The third-order valence-corrected chi connectivity index (χ3v) is 4.28. The van der Waals surface area contributed by atoms with Crippen LogP contribution in [-0.4, -0.2) is 22.8 Å². The highest BCUT2D eigenvalue weighted by Gasteiger charge is 2.19. The van der Waals surface area contributed by atoms with Gasteiger partial charge in [0.2, 0.25) is 0 Å². The predicted molar refractivity (Wildman–Crippen MR) is 93.4 cm³/mol. The Morgan fingerprint density at radius 2 is 2.04 bits per heavy atom. The molecule has 0 aliphatic carbocycles. The SMILES string of the molecule is Cc1ccc(OCCC(=O)OC(C)c2nnc(-c3cccs3)o2)cc1. The van der Waals surface area contributed by atoms with Crippen molar-refractivity contribution < 1.29 is 18.7 Å². The van der Waals surface area contributed by atoms with Crippen molar-refractivity contribution >= 4 is 17.3 Å². The maximum atomic E-state index is 11.9. The molecule has 2 aromatic heterocycles. The molecule has 6 nitrogen and oxygen atoms in total. The number of aryl methyl sites for hydroxylation is 1. The molecule has 0 saturated heterocycles. The minimum atomic E-state index is -0.604. The Balaban J connectivity index is 1.46. The minimum Gasteiger partial charge on any atom is -0.493 e. The Bertz CT molecular complexity index is 812. The van der Waals surface area contributed by atoms with Crippen molar-refractivity contribution in [1.82, 2.24) is 10.2 Å². The van der Waals surface area contributed by atoms with Gasteiger partial charge in [-0.25, -0.2) is 0 Å². The molecule has 0 saturated carbocycles. The zero-order valence-corrected chi connectivity index (χ0v) is 14.8. The number of carbonyl (C=O) groups excluding carboxylic acids is 1. The van der Waals surface area contributed by atoms with Crippen molar-refractivity contribution in [2.24, 2.45) is 0 Å². The number of hydrogen-bond donors (Lipinski definition) is 0. The molecule has 1 aromatic carbocycles. The van der Waals surface area contributed by atoms with Gasteiger partial charge in [0, 0.05) is 0 Å². The van der Waals surface area contributed by atoms with Gasteiger partial charge in [0.1, 0.15) is 5.75 Å². The molecular weight excluding hydrogens is 340 g/mol. The van der Waals surface area contributed by atoms with E-state index < -0.39 is 6.10 Å². The van der Waals surface area contributed by atoms with Crippen LogP contribution in [0.25, 0.3) is 10.8 Å². The number of rotatable bonds is 7. The van der Waals surface area contributed by atoms with Gasteiger partial charge in [-0.2, -0.15) is 0 Å². The highest BCUT2D eigenvalue weighted by molar-refractivity contribution is 7.13. The average Bonchev–Trinajstić information content (AvgIpc) is 3.28. The van der Waals surface area contributed by atoms with Crippen molar-refractivity contribution in [2.45, 2.75) is 26.4 Å². The zero-order chi connectivity index (χ0) is 17.6. The third kappa shape index (κ3) is 4.67. The Labute approximate surface area is 149 Å². The summed E-state index contributed by atoms with van der Waals surface area (Å²) < 4.78 is 16.4. The Kier molecular flexibility index (Phi) is 5.45. The van der Waals surface area contributed by atoms with Crippen LogP contribution in [0, 0.1) is 6.92 Å². The van der Waals surface area contributed by atoms with Crippen LogP contribution in [-0.2, 0) is 9.53 Å². The van der Waals surface area contributed by atoms with Crippen LogP contribution in [0.1, 0.15) is 30.9 Å². The zero-order valence-electron chi connectivity index (χ0n) is 14.0. The molecule has 0 radical (unpaired) electrons. The van der Waals surface area contributed by atoms with Crippen LogP contribution >= 0.6 is 11.3 Å². The van der Waals surface area contributed by atoms with Crippen LogP contribution in [0.4, 0.5) is 0 Å². The van der Waals surface area contributed by atoms with Gasteiger partial charge in [-0.1, -0.05) is 23.8 Å². The monoisotopic (exact) mass is 358 g/mol. The molecule has 3 aromatic rings. The van der Waals surface area contributed by atoms with E-state index in [-0.39, 0.29) is 24.9 Å². The lowest BCUT2D eigenvalue weighted by Gasteiger charge is -2.10. The molecule has 0 bridgehead atoms. The van der Waals surface area contributed by atoms with Gasteiger partial charge in [0.15, 0.2) is 6.10 Å². The molecule has 0 N–H and O–H groups in total. The summed E-state index contributed by atoms with van der Waals surface area (Å²) >= 11 is 1.50. The van der Waals surface area contributed by atoms with Gasteiger partial charge < -0.3 is 13.9 Å². The van der Waals surface area contributed by atoms with E-state index in [0.717, 1.165) is 16.2 Å². The second kappa shape index (κ2) is 7.94. The van der Waals surface area contributed by atoms with E-state index in [4.69, 9.17) is 13.9 Å². The highest BCUT2D eigenvalue weighted by Crippen LogP contribution is 2.25. The van der Waals surface area contributed by atoms with E-state index in [9.17, 15) is 4.79 Å². The predicted octanol–water partition coefficient (Wildman–Crippen LogP) is 4.18. The standard InChI is InChI=1S/C18H18N2O4S/c1-12-5-7-14(8-6-12)22-10-9-16(21)23-13(2)17-19-20-18(24-17)15-4-3-11-25-15/h3-8,11,13H,9-10H2,1-2H3. The van der Waals surface area contributed by atoms with Crippen molar-refractivity contribution in [2.75, 3.05) is 6.61 Å². The van der Waals surface area contributed by atoms with Gasteiger partial charge >= 0.3 is 5.97 Å². The Morgan fingerprint density at radius 3 is 2.76 bits per heavy atom. The van der Waals surface area contributed by atoms with Gasteiger partial charge in [-0.15, -0.1) is 21.5 Å². The van der Waals surface area contributed by atoms with E-state index in [1.807, 2.05) is 48.7 Å². The van der Waals surface area contributed by atoms with Crippen molar-refractivity contribution in [3.63, 3.8) is 0 Å². The maximum absolute atomic E-state index is 11.9. The van der Waals surface area contributed by atoms with Gasteiger partial charge in [0.05, 0.1) is 17.9 Å². The third-order valence-electron chi connectivity index (χ3n) is 3.42. The quantitative estimate of drug-likeness (QED) is 0.590. The van der Waals surface area contributed by atoms with Crippen LogP contribution in [0.3, 0.4) is 0 Å². The molecule has 25 heavy (non-hydrogen) atoms. The fraction of sp³-hybridized carbons (Fsp3) is 0.278. The van der Waals surface area contributed by atoms with Gasteiger partial charge in [-0.3, -0.25) is 4.79 Å². The van der Waals surface area contributed by atoms with E-state index in [1.54, 1.807) is 6.92 Å². The summed E-state index contributed by atoms with van der Waals surface area (Å²) in [7, 11) is 0. The first-order valence-electron chi connectivity index (χ1n) is 7.88. The molecular formula is C18H18N2O4S. The lowest BCUT2D eigenvalue weighted by Crippen LogP contribution is -2.12. The van der Waals surface area contributed by atoms with Crippen LogP contribution in [0.2, 0.25) is 0 Å². The smallest absolute Gasteiger partial charge is 0.310 e. The number of nitrogens with zero attached hydrogens (tertiary/aromatic N) is 2. The van der Waals surface area contributed by atoms with E-state index in [1.165, 1.54) is 11.3 Å². The number of benzene rings is 1. The summed E-state index contributed by atoms with van der Waals surface area (Å²) in [5.41, 5.74) is 1.15. The molecule has 0 aliphatic heterocycles. The van der Waals surface area contributed by atoms with E-state index in [2.05, 4.69) is 10.2 Å². The topological polar surface area (TPSA) is 74.5 Å². The summed E-state index contributed by atoms with van der Waals surface area (Å²) in [6, 6.07) is 11.4. The number of carbonyl (C=O) groups is 1. The summed E-state index contributed by atoms with van der Waals surface area (Å²) in [5, 5.41) is 9.84. The number of aromatic nitrogens is 2. The highest BCUT2D eigenvalue weighted by atomic mass is 32.1. The fourth-order valence-electron chi connectivity index (χ4n) is 2.09. The minimum absolute atomic E-state index is 0.143. The van der Waals surface area contributed by atoms with Crippen molar-refractivity contribution in [3.05, 3.63) is 53.2 Å². The molecule has 7 heteroatoms. The molecule has 1 unspecified atom stereocenters. The fourth-order valence-corrected chi connectivity index (χ4v) is 2.74. The molecule has 0 aliphatic rings. The number of esters is 1. The second-order valence-electron chi connectivity index (χ2n) is 5.47. The normalized spacial score (nSPS) is 11.9. The summed E-state index contributed by atoms with van der Waals surface area (Å²) in [6.07, 6.45) is -0.461. The molecule has 0 spiro atoms. The molecule has 2 heterocycles. The molecule has 0 fully saturated rings. The van der Waals surface area contributed by atoms with E-state index >= 15 is 0 Å². The van der Waals surface area contributed by atoms with Crippen LogP contribution in [0.15, 0.2) is 46.2 Å². The summed E-state index contributed by atoms with van der Waals surface area (Å²) in [6.45, 7) is 3.95. The number of hydrogen-bond acceptors (Lipinski definition) is 7. The number of thiophene rings is 1. The Hall–Kier alpha value is -2.67. The van der Waals surface area contributed by atoms with Crippen LogP contribution < -0.4 is 4.74 Å². The molecule has 3 rings (SSSR count). The average molecular weight is 358 g/mol. The molecule has 130 valence electrons. The first kappa shape index (κ1) is 17.2. The van der Waals surface area contributed by atoms with Gasteiger partial charge in [-0.05, 0) is 37.4 Å². The van der Waals surface area contributed by atoms with E-state index in [0.29, 0.717) is 5.89 Å². The van der Waals surface area contributed by atoms with Crippen molar-refractivity contribution in [3.8, 4) is 16.5 Å². The summed E-state index contributed by atoms with van der Waals surface area (Å²) in [5.74, 6) is 1.05. The van der Waals surface area contributed by atoms with Crippen LogP contribution in [0.5, 0.6) is 5.75 Å². The molecule has 0 amide bonds. The molecule has 1 atom stereocenters. The largest absolute Gasteiger partial charge is 0.493 e. The van der Waals surface area contributed by atoms with Crippen molar-refractivity contribution in [1.29, 1.82) is 0 Å².